The number of carbonyl (C=O) groups is 3. The van der Waals surface area contributed by atoms with E-state index in [9.17, 15) is 31.2 Å². The van der Waals surface area contributed by atoms with E-state index < -0.39 is 19.7 Å². The number of carbonyl (C=O) groups excluding carboxylic acids is 3. The summed E-state index contributed by atoms with van der Waals surface area (Å²) < 4.78 is 49.0. The number of hydrogen-bond donors (Lipinski definition) is 1. The second-order valence-corrected chi connectivity index (χ2v) is 15.8. The molecule has 0 bridgehead atoms. The maximum Gasteiger partial charge on any atom is 0.184 e. The zero-order chi connectivity index (χ0) is 35.6. The lowest BCUT2D eigenvalue weighted by Crippen LogP contribution is -2.08. The van der Waals surface area contributed by atoms with Gasteiger partial charge in [-0.2, -0.15) is 0 Å². The second kappa shape index (κ2) is 17.7. The highest BCUT2D eigenvalue weighted by Gasteiger charge is 2.27. The normalized spacial score (nSPS) is 14.7. The van der Waals surface area contributed by atoms with Gasteiger partial charge in [0.05, 0.1) is 38.6 Å². The Hall–Kier alpha value is -4.81. The largest absolute Gasteiger partial charge is 0.399 e. The number of ketones is 3. The Kier molecular flexibility index (Phi) is 14.0. The van der Waals surface area contributed by atoms with Gasteiger partial charge >= 0.3 is 0 Å². The van der Waals surface area contributed by atoms with E-state index in [2.05, 4.69) is 9.97 Å². The van der Waals surface area contributed by atoms with Crippen LogP contribution in [0.1, 0.15) is 63.9 Å². The van der Waals surface area contributed by atoms with Gasteiger partial charge in [0, 0.05) is 37.3 Å². The summed E-state index contributed by atoms with van der Waals surface area (Å²) in [6.45, 7) is 3.55. The van der Waals surface area contributed by atoms with E-state index in [1.54, 1.807) is 80.0 Å². The summed E-state index contributed by atoms with van der Waals surface area (Å²) in [5.74, 6) is -0.0662. The predicted octanol–water partition coefficient (Wildman–Crippen LogP) is 6.11. The molecule has 0 amide bonds. The fourth-order valence-electron chi connectivity index (χ4n) is 5.18. The smallest absolute Gasteiger partial charge is 0.184 e. The molecule has 0 unspecified atom stereocenters. The Morgan fingerprint density at radius 3 is 1.48 bits per heavy atom. The lowest BCUT2D eigenvalue weighted by atomic mass is 10.0. The van der Waals surface area contributed by atoms with Crippen molar-refractivity contribution in [2.75, 3.05) is 5.73 Å². The molecule has 1 fully saturated rings. The van der Waals surface area contributed by atoms with Crippen LogP contribution >= 0.6 is 0 Å². The number of rotatable bonds is 8. The minimum Gasteiger partial charge on any atom is -0.399 e. The molecule has 2 aromatic carbocycles. The number of anilines is 1. The van der Waals surface area contributed by atoms with Crippen molar-refractivity contribution in [3.8, 4) is 0 Å². The molecule has 2 aliphatic carbocycles. The summed E-state index contributed by atoms with van der Waals surface area (Å²) in [5.41, 5.74) is 10.2. The van der Waals surface area contributed by atoms with Crippen LogP contribution in [0.4, 0.5) is 5.69 Å². The van der Waals surface area contributed by atoms with Crippen molar-refractivity contribution >= 4 is 42.7 Å². The zero-order valence-electron chi connectivity index (χ0n) is 27.4. The van der Waals surface area contributed by atoms with E-state index in [1.807, 2.05) is 19.1 Å². The van der Waals surface area contributed by atoms with Gasteiger partial charge in [-0.3, -0.25) is 24.4 Å². The van der Waals surface area contributed by atoms with Crippen LogP contribution < -0.4 is 5.73 Å². The number of nitrogen functional groups attached to an aromatic ring is 1. The van der Waals surface area contributed by atoms with E-state index in [1.165, 1.54) is 12.1 Å². The third-order valence-corrected chi connectivity index (χ3v) is 11.6. The fraction of sp³-hybridized carbons (Fsp3) is 0.289. The molecule has 0 radical (unpaired) electrons. The van der Waals surface area contributed by atoms with Crippen molar-refractivity contribution in [1.29, 1.82) is 0 Å². The van der Waals surface area contributed by atoms with Crippen molar-refractivity contribution in [1.82, 2.24) is 9.97 Å². The number of Topliss-reactive ketones (excluding diaryl/α,β-unsaturated/α-hetero) is 3. The van der Waals surface area contributed by atoms with Gasteiger partial charge in [-0.25, -0.2) is 16.8 Å². The predicted molar refractivity (Wildman–Crippen MR) is 193 cm³/mol. The lowest BCUT2D eigenvalue weighted by Gasteiger charge is -2.07. The summed E-state index contributed by atoms with van der Waals surface area (Å²) in [6, 6.07) is 23.5. The molecule has 50 heavy (non-hydrogen) atoms. The molecule has 10 nitrogen and oxygen atoms in total. The third kappa shape index (κ3) is 11.1. The second-order valence-electron chi connectivity index (χ2n) is 11.9. The maximum atomic E-state index is 12.5. The van der Waals surface area contributed by atoms with Crippen molar-refractivity contribution in [2.45, 2.75) is 74.7 Å². The van der Waals surface area contributed by atoms with Gasteiger partial charge in [-0.15, -0.1) is 0 Å². The summed E-state index contributed by atoms with van der Waals surface area (Å²) in [5, 5.41) is 0. The van der Waals surface area contributed by atoms with Gasteiger partial charge in [0.25, 0.3) is 0 Å². The van der Waals surface area contributed by atoms with Gasteiger partial charge in [0.2, 0.25) is 0 Å². The first-order valence-corrected chi connectivity index (χ1v) is 19.0. The summed E-state index contributed by atoms with van der Waals surface area (Å²) in [7, 11) is -6.75. The SMILES string of the molecule is C.CC1=C(Cc2ccc(S(=O)(=O)Cc3ccccn3)cc2)CCC1=O.CC1C(=O)CCC1=O.Nc1ccc(S(=O)(=O)Cc2ccccn2)cc1. The molecule has 2 aromatic heterocycles. The number of nitrogens with two attached hydrogens (primary N) is 1. The Morgan fingerprint density at radius 2 is 1.12 bits per heavy atom. The topological polar surface area (TPSA) is 171 Å². The van der Waals surface area contributed by atoms with Gasteiger partial charge in [0.15, 0.2) is 25.5 Å². The summed E-state index contributed by atoms with van der Waals surface area (Å²) >= 11 is 0. The van der Waals surface area contributed by atoms with E-state index in [0.29, 0.717) is 47.7 Å². The molecule has 0 aliphatic heterocycles. The maximum absolute atomic E-state index is 12.5. The number of allylic oxidation sites excluding steroid dienone is 2. The van der Waals surface area contributed by atoms with Crippen molar-refractivity contribution in [2.24, 2.45) is 5.92 Å². The first kappa shape index (κ1) is 39.6. The first-order chi connectivity index (χ1) is 23.2. The van der Waals surface area contributed by atoms with Crippen LogP contribution in [-0.2, 0) is 52.0 Å². The molecule has 0 saturated heterocycles. The van der Waals surface area contributed by atoms with Crippen LogP contribution in [0.2, 0.25) is 0 Å². The molecule has 1 saturated carbocycles. The first-order valence-electron chi connectivity index (χ1n) is 15.7. The molecular weight excluding hydrogens is 675 g/mol. The van der Waals surface area contributed by atoms with E-state index >= 15 is 0 Å². The highest BCUT2D eigenvalue weighted by atomic mass is 32.2. The third-order valence-electron chi connectivity index (χ3n) is 8.25. The van der Waals surface area contributed by atoms with Gasteiger partial charge in [-0.1, -0.05) is 37.3 Å². The highest BCUT2D eigenvalue weighted by Crippen LogP contribution is 2.26. The summed E-state index contributed by atoms with van der Waals surface area (Å²) in [6.07, 6.45) is 6.22. The van der Waals surface area contributed by atoms with Crippen molar-refractivity contribution < 1.29 is 31.2 Å². The zero-order valence-corrected chi connectivity index (χ0v) is 29.0. The average Bonchev–Trinajstić information content (AvgIpc) is 3.56. The number of benzene rings is 2. The molecule has 264 valence electrons. The molecular formula is C38H43N3O7S2. The molecule has 0 atom stereocenters. The molecule has 12 heteroatoms. The van der Waals surface area contributed by atoms with Gasteiger partial charge in [-0.05, 0) is 98.5 Å². The quantitative estimate of drug-likeness (QED) is 0.166. The fourth-order valence-corrected chi connectivity index (χ4v) is 7.73. The number of hydrogen-bond acceptors (Lipinski definition) is 10. The molecule has 2 aliphatic rings. The van der Waals surface area contributed by atoms with Crippen LogP contribution in [0, 0.1) is 5.92 Å². The number of pyridine rings is 2. The Morgan fingerprint density at radius 1 is 0.660 bits per heavy atom. The molecule has 0 spiro atoms. The van der Waals surface area contributed by atoms with E-state index in [-0.39, 0.29) is 47.1 Å². The molecule has 2 N–H and O–H groups in total. The lowest BCUT2D eigenvalue weighted by molar-refractivity contribution is -0.126. The van der Waals surface area contributed by atoms with Crippen LogP contribution in [0.15, 0.2) is 118 Å². The standard InChI is InChI=1S/C19H19NO3S.C12H12N2O2S.C6H8O2.CH4/c1-14-16(7-10-19(14)21)12-15-5-8-18(9-6-15)24(22,23)13-17-4-2-3-11-20-17;13-10-4-6-12(7-5-10)17(15,16)9-11-3-1-2-8-14-11;1-4-5(7)2-3-6(4)8;/h2-6,8-9,11H,7,10,12-13H2,1H3;1-8H,9,13H2;4H,2-3H2,1H3;1H4. The average molecular weight is 718 g/mol. The van der Waals surface area contributed by atoms with Crippen LogP contribution in [0.25, 0.3) is 0 Å². The van der Waals surface area contributed by atoms with Crippen molar-refractivity contribution in [3.63, 3.8) is 0 Å². The van der Waals surface area contributed by atoms with Crippen molar-refractivity contribution in [3.05, 3.63) is 125 Å². The monoisotopic (exact) mass is 717 g/mol. The Labute approximate surface area is 294 Å². The van der Waals surface area contributed by atoms with Crippen LogP contribution in [0.3, 0.4) is 0 Å². The van der Waals surface area contributed by atoms with Crippen LogP contribution in [-0.4, -0.2) is 44.2 Å². The molecule has 6 rings (SSSR count). The van der Waals surface area contributed by atoms with E-state index in [0.717, 1.165) is 23.1 Å². The highest BCUT2D eigenvalue weighted by molar-refractivity contribution is 7.91. The molecule has 4 aromatic rings. The number of nitrogens with zero attached hydrogens (tertiary/aromatic N) is 2. The Bertz CT molecular complexity index is 2010. The van der Waals surface area contributed by atoms with E-state index in [4.69, 9.17) is 5.73 Å². The minimum atomic E-state index is -3.41. The van der Waals surface area contributed by atoms with Gasteiger partial charge < -0.3 is 5.73 Å². The van der Waals surface area contributed by atoms with Crippen LogP contribution in [0.5, 0.6) is 0 Å². The minimum absolute atomic E-state index is 0. The number of sulfone groups is 2. The Balaban J connectivity index is 0.000000226. The molecule has 2 heterocycles. The summed E-state index contributed by atoms with van der Waals surface area (Å²) in [4.78, 5) is 41.4. The van der Waals surface area contributed by atoms with Gasteiger partial charge in [0.1, 0.15) is 11.6 Å². The number of aromatic nitrogens is 2.